The SMILES string of the molecule is Cc1ccc(C(=O)NC2CCCCCCC(C)C3CC3(C(=O)NS(=O)(=O)C3(C)CC3)NC(=O)C3CC(Oc4nc5c(F)cccc5nc4C)CN3C2=O)cc1. The van der Waals surface area contributed by atoms with E-state index in [0.29, 0.717) is 42.5 Å². The summed E-state index contributed by atoms with van der Waals surface area (Å²) in [7, 11) is -4.00. The molecule has 2 aliphatic carbocycles. The van der Waals surface area contributed by atoms with Gasteiger partial charge >= 0.3 is 0 Å². The number of carbonyl (C=O) groups excluding carboxylic acids is 4. The molecule has 2 saturated heterocycles. The van der Waals surface area contributed by atoms with Gasteiger partial charge in [0.05, 0.1) is 16.8 Å². The number of hydrogen-bond acceptors (Lipinski definition) is 9. The molecule has 6 unspecified atom stereocenters. The zero-order valence-corrected chi connectivity index (χ0v) is 32.5. The van der Waals surface area contributed by atoms with Gasteiger partial charge < -0.3 is 20.3 Å². The highest BCUT2D eigenvalue weighted by Gasteiger charge is 2.65. The standard InChI is InChI=1S/C40H49FN6O7S/c1-23-14-16-26(17-15-23)34(48)43-31-12-8-6-5-7-10-24(2)28-21-40(28,38(51)46-55(52,53)39(4)18-19-39)45-35(49)32-20-27(22-47(32)37(31)50)54-36-25(3)42-30-13-9-11-29(41)33(30)44-36/h9,11,13-17,24,27-28,31-32H,5-8,10,12,18-22H2,1-4H3,(H,43,48)(H,45,49)(H,46,51). The molecule has 1 aromatic heterocycles. The highest BCUT2D eigenvalue weighted by molar-refractivity contribution is 7.91. The summed E-state index contributed by atoms with van der Waals surface area (Å²) >= 11 is 0. The third-order valence-electron chi connectivity index (χ3n) is 12.0. The van der Waals surface area contributed by atoms with Gasteiger partial charge in [0.15, 0.2) is 5.82 Å². The van der Waals surface area contributed by atoms with E-state index in [1.165, 1.54) is 17.0 Å². The number of fused-ring (bicyclic) bond motifs is 3. The number of nitrogens with one attached hydrogen (secondary N) is 3. The predicted molar refractivity (Wildman–Crippen MR) is 202 cm³/mol. The molecule has 4 amide bonds. The largest absolute Gasteiger partial charge is 0.471 e. The smallest absolute Gasteiger partial charge is 0.259 e. The Morgan fingerprint density at radius 2 is 1.71 bits per heavy atom. The Morgan fingerprint density at radius 1 is 1.00 bits per heavy atom. The first-order chi connectivity index (χ1) is 26.1. The molecule has 7 rings (SSSR count). The lowest BCUT2D eigenvalue weighted by atomic mass is 9.94. The minimum atomic E-state index is -4.00. The van der Waals surface area contributed by atoms with Gasteiger partial charge in [0.1, 0.15) is 34.9 Å². The highest BCUT2D eigenvalue weighted by atomic mass is 32.2. The summed E-state index contributed by atoms with van der Waals surface area (Å²) in [6.07, 6.45) is 4.58. The monoisotopic (exact) mass is 776 g/mol. The summed E-state index contributed by atoms with van der Waals surface area (Å²) in [5.74, 6) is -3.16. The van der Waals surface area contributed by atoms with E-state index in [4.69, 9.17) is 4.74 Å². The first-order valence-electron chi connectivity index (χ1n) is 19.3. The molecule has 2 aliphatic heterocycles. The molecule has 3 heterocycles. The van der Waals surface area contributed by atoms with Gasteiger partial charge in [-0.15, -0.1) is 0 Å². The van der Waals surface area contributed by atoms with Crippen molar-refractivity contribution in [2.45, 2.75) is 120 Å². The minimum Gasteiger partial charge on any atom is -0.471 e. The molecule has 6 atom stereocenters. The zero-order chi connectivity index (χ0) is 39.3. The van der Waals surface area contributed by atoms with Crippen molar-refractivity contribution in [3.8, 4) is 5.88 Å². The molecular formula is C40H49FN6O7S. The number of aryl methyl sites for hydroxylation is 2. The second-order valence-corrected chi connectivity index (χ2v) is 18.4. The van der Waals surface area contributed by atoms with Crippen LogP contribution in [0.15, 0.2) is 42.5 Å². The lowest BCUT2D eigenvalue weighted by Gasteiger charge is -2.30. The van der Waals surface area contributed by atoms with Crippen LogP contribution in [0.3, 0.4) is 0 Å². The quantitative estimate of drug-likeness (QED) is 0.314. The van der Waals surface area contributed by atoms with Crippen molar-refractivity contribution in [3.05, 3.63) is 65.1 Å². The lowest BCUT2D eigenvalue weighted by molar-refractivity contribution is -0.141. The Morgan fingerprint density at radius 3 is 2.42 bits per heavy atom. The van der Waals surface area contributed by atoms with Crippen LogP contribution in [0.2, 0.25) is 0 Å². The molecule has 2 aromatic carbocycles. The highest BCUT2D eigenvalue weighted by Crippen LogP contribution is 2.51. The molecule has 4 aliphatic rings. The van der Waals surface area contributed by atoms with Crippen LogP contribution in [0, 0.1) is 31.5 Å². The fourth-order valence-corrected chi connectivity index (χ4v) is 9.37. The number of aromatic nitrogens is 2. The van der Waals surface area contributed by atoms with Gasteiger partial charge in [0.25, 0.3) is 11.8 Å². The molecule has 13 nitrogen and oxygen atoms in total. The van der Waals surface area contributed by atoms with Crippen LogP contribution < -0.4 is 20.1 Å². The van der Waals surface area contributed by atoms with Gasteiger partial charge in [-0.25, -0.2) is 22.8 Å². The topological polar surface area (TPSA) is 177 Å². The summed E-state index contributed by atoms with van der Waals surface area (Å²) < 4.78 is 48.7. The number of carbonyl (C=O) groups is 4. The number of sulfonamides is 1. The average molecular weight is 777 g/mol. The van der Waals surface area contributed by atoms with Crippen LogP contribution in [0.1, 0.15) is 99.7 Å². The average Bonchev–Trinajstić information content (AvgIpc) is 4.03. The molecule has 2 saturated carbocycles. The fraction of sp³-hybridized carbons (Fsp3) is 0.550. The summed E-state index contributed by atoms with van der Waals surface area (Å²) in [5, 5.41) is 5.86. The maximum Gasteiger partial charge on any atom is 0.259 e. The number of benzene rings is 2. The fourth-order valence-electron chi connectivity index (χ4n) is 8.05. The number of para-hydroxylation sites is 1. The Kier molecular flexibility index (Phi) is 10.4. The predicted octanol–water partition coefficient (Wildman–Crippen LogP) is 4.40. The van der Waals surface area contributed by atoms with Crippen LogP contribution in [0.25, 0.3) is 11.0 Å². The van der Waals surface area contributed by atoms with Gasteiger partial charge in [-0.05, 0) is 82.6 Å². The Labute approximate surface area is 320 Å². The van der Waals surface area contributed by atoms with Crippen LogP contribution in [0.4, 0.5) is 4.39 Å². The van der Waals surface area contributed by atoms with Crippen molar-refractivity contribution in [2.75, 3.05) is 6.54 Å². The van der Waals surface area contributed by atoms with Gasteiger partial charge in [-0.3, -0.25) is 23.9 Å². The third-order valence-corrected chi connectivity index (χ3v) is 14.2. The Hall–Kier alpha value is -4.66. The first kappa shape index (κ1) is 38.6. The molecule has 55 heavy (non-hydrogen) atoms. The van der Waals surface area contributed by atoms with Crippen molar-refractivity contribution in [2.24, 2.45) is 11.8 Å². The van der Waals surface area contributed by atoms with E-state index >= 15 is 0 Å². The Bertz CT molecular complexity index is 2130. The van der Waals surface area contributed by atoms with Gasteiger partial charge in [-0.2, -0.15) is 0 Å². The number of halogens is 1. The van der Waals surface area contributed by atoms with Crippen molar-refractivity contribution < 1.29 is 36.7 Å². The maximum absolute atomic E-state index is 14.7. The van der Waals surface area contributed by atoms with Gasteiger partial charge in [-0.1, -0.05) is 62.8 Å². The zero-order valence-electron chi connectivity index (χ0n) is 31.7. The summed E-state index contributed by atoms with van der Waals surface area (Å²) in [4.78, 5) is 66.8. The Balaban J connectivity index is 1.21. The molecule has 4 fully saturated rings. The summed E-state index contributed by atoms with van der Waals surface area (Å²) in [5.41, 5.74) is 0.629. The summed E-state index contributed by atoms with van der Waals surface area (Å²) in [6.45, 7) is 7.11. The normalized spacial score (nSPS) is 28.2. The second kappa shape index (κ2) is 14.8. The molecule has 0 bridgehead atoms. The molecule has 15 heteroatoms. The van der Waals surface area contributed by atoms with Gasteiger partial charge in [0, 0.05) is 12.0 Å². The summed E-state index contributed by atoms with van der Waals surface area (Å²) in [6, 6.07) is 9.32. The van der Waals surface area contributed by atoms with Crippen molar-refractivity contribution >= 4 is 44.7 Å². The molecule has 3 N–H and O–H groups in total. The van der Waals surface area contributed by atoms with Crippen molar-refractivity contribution in [1.82, 2.24) is 30.2 Å². The van der Waals surface area contributed by atoms with E-state index < -0.39 is 67.9 Å². The number of hydrogen-bond donors (Lipinski definition) is 3. The van der Waals surface area contributed by atoms with Crippen LogP contribution in [-0.4, -0.2) is 81.9 Å². The number of nitrogens with zero attached hydrogens (tertiary/aromatic N) is 3. The number of ether oxygens (including phenoxy) is 1. The lowest BCUT2D eigenvalue weighted by Crippen LogP contribution is -2.59. The first-order valence-corrected chi connectivity index (χ1v) is 20.8. The molecular weight excluding hydrogens is 728 g/mol. The van der Waals surface area contributed by atoms with Gasteiger partial charge in [0.2, 0.25) is 27.7 Å². The molecule has 3 aromatic rings. The van der Waals surface area contributed by atoms with E-state index in [-0.39, 0.29) is 42.6 Å². The van der Waals surface area contributed by atoms with Crippen molar-refractivity contribution in [1.29, 1.82) is 0 Å². The molecule has 0 radical (unpaired) electrons. The van der Waals surface area contributed by atoms with Crippen LogP contribution in [-0.2, 0) is 24.4 Å². The molecule has 294 valence electrons. The molecule has 0 spiro atoms. The van der Waals surface area contributed by atoms with E-state index in [1.807, 2.05) is 26.0 Å². The third kappa shape index (κ3) is 7.76. The van der Waals surface area contributed by atoms with Crippen LogP contribution >= 0.6 is 0 Å². The minimum absolute atomic E-state index is 0.00387. The van der Waals surface area contributed by atoms with Crippen LogP contribution in [0.5, 0.6) is 5.88 Å². The second-order valence-electron chi connectivity index (χ2n) is 16.2. The van der Waals surface area contributed by atoms with E-state index in [9.17, 15) is 32.0 Å². The van der Waals surface area contributed by atoms with Crippen molar-refractivity contribution in [3.63, 3.8) is 0 Å². The maximum atomic E-state index is 14.7. The van der Waals surface area contributed by atoms with E-state index in [1.54, 1.807) is 32.0 Å². The number of rotatable bonds is 7. The van der Waals surface area contributed by atoms with E-state index in [2.05, 4.69) is 25.3 Å². The van der Waals surface area contributed by atoms with E-state index in [0.717, 1.165) is 31.2 Å². The number of amides is 4.